The highest BCUT2D eigenvalue weighted by atomic mass is 15.3. The summed E-state index contributed by atoms with van der Waals surface area (Å²) in [6, 6.07) is 1.88. The Morgan fingerprint density at radius 2 is 1.89 bits per heavy atom. The van der Waals surface area contributed by atoms with Gasteiger partial charge in [0.05, 0.1) is 0 Å². The van der Waals surface area contributed by atoms with Gasteiger partial charge in [0, 0.05) is 25.6 Å². The summed E-state index contributed by atoms with van der Waals surface area (Å²) in [5.41, 5.74) is 2.61. The molecule has 0 saturated carbocycles. The van der Waals surface area contributed by atoms with E-state index in [0.717, 1.165) is 31.2 Å². The van der Waals surface area contributed by atoms with Gasteiger partial charge in [-0.2, -0.15) is 0 Å². The molecule has 6 nitrogen and oxygen atoms in total. The number of hydrogen-bond donors (Lipinski definition) is 2. The lowest BCUT2D eigenvalue weighted by Gasteiger charge is -2.21. The number of aromatic nitrogens is 2. The lowest BCUT2D eigenvalue weighted by Crippen LogP contribution is -2.25. The van der Waals surface area contributed by atoms with Crippen molar-refractivity contribution in [2.75, 3.05) is 44.6 Å². The summed E-state index contributed by atoms with van der Waals surface area (Å²) in [5, 5.41) is 0. The average Bonchev–Trinajstić information content (AvgIpc) is 2.37. The van der Waals surface area contributed by atoms with E-state index in [0.29, 0.717) is 5.82 Å². The van der Waals surface area contributed by atoms with Crippen LogP contribution in [0, 0.1) is 0 Å². The Morgan fingerprint density at radius 1 is 1.21 bits per heavy atom. The Hall–Kier alpha value is -1.40. The van der Waals surface area contributed by atoms with E-state index in [9.17, 15) is 0 Å². The van der Waals surface area contributed by atoms with Crippen LogP contribution in [-0.2, 0) is 0 Å². The average molecular weight is 266 g/mol. The Morgan fingerprint density at radius 3 is 2.42 bits per heavy atom. The maximum absolute atomic E-state index is 5.46. The fourth-order valence-corrected chi connectivity index (χ4v) is 1.72. The molecular formula is C13H26N6. The second-order valence-corrected chi connectivity index (χ2v) is 5.35. The van der Waals surface area contributed by atoms with E-state index in [2.05, 4.69) is 53.1 Å². The van der Waals surface area contributed by atoms with Crippen LogP contribution in [0.25, 0.3) is 0 Å². The fraction of sp³-hybridized carbons (Fsp3) is 0.692. The number of nitrogens with two attached hydrogens (primary N) is 1. The van der Waals surface area contributed by atoms with Crippen LogP contribution in [-0.4, -0.2) is 49.1 Å². The zero-order valence-electron chi connectivity index (χ0n) is 12.6. The molecule has 6 heteroatoms. The summed E-state index contributed by atoms with van der Waals surface area (Å²) in [6.45, 7) is 6.17. The minimum atomic E-state index is 0.280. The molecule has 0 atom stereocenters. The highest BCUT2D eigenvalue weighted by Gasteiger charge is 2.10. The van der Waals surface area contributed by atoms with E-state index >= 15 is 0 Å². The standard InChI is InChI=1S/C13H26N6/c1-10(2)13-15-11(17-14)9-12(16-13)19(5)8-6-7-18(3)4/h9-10H,6-8,14H2,1-5H3,(H,15,16,17). The second kappa shape index (κ2) is 7.25. The minimum Gasteiger partial charge on any atom is -0.359 e. The summed E-state index contributed by atoms with van der Waals surface area (Å²) in [4.78, 5) is 13.3. The van der Waals surface area contributed by atoms with Gasteiger partial charge in [-0.1, -0.05) is 13.8 Å². The zero-order chi connectivity index (χ0) is 14.4. The van der Waals surface area contributed by atoms with Crippen LogP contribution in [0.1, 0.15) is 32.0 Å². The van der Waals surface area contributed by atoms with Crippen LogP contribution >= 0.6 is 0 Å². The number of nitrogen functional groups attached to an aromatic ring is 1. The highest BCUT2D eigenvalue weighted by Crippen LogP contribution is 2.18. The molecule has 0 unspecified atom stereocenters. The van der Waals surface area contributed by atoms with Gasteiger partial charge in [0.1, 0.15) is 17.5 Å². The van der Waals surface area contributed by atoms with Gasteiger partial charge in [-0.05, 0) is 27.1 Å². The SMILES string of the molecule is CC(C)c1nc(NN)cc(N(C)CCCN(C)C)n1. The Kier molecular flexibility index (Phi) is 5.98. The largest absolute Gasteiger partial charge is 0.359 e. The van der Waals surface area contributed by atoms with E-state index in [-0.39, 0.29) is 5.92 Å². The molecule has 3 N–H and O–H groups in total. The molecule has 1 heterocycles. The van der Waals surface area contributed by atoms with Crippen molar-refractivity contribution in [1.82, 2.24) is 14.9 Å². The maximum atomic E-state index is 5.46. The van der Waals surface area contributed by atoms with E-state index in [1.54, 1.807) is 0 Å². The number of nitrogens with zero attached hydrogens (tertiary/aromatic N) is 4. The molecule has 0 fully saturated rings. The van der Waals surface area contributed by atoms with Crippen LogP contribution in [0.5, 0.6) is 0 Å². The maximum Gasteiger partial charge on any atom is 0.145 e. The second-order valence-electron chi connectivity index (χ2n) is 5.35. The molecule has 0 spiro atoms. The lowest BCUT2D eigenvalue weighted by molar-refractivity contribution is 0.401. The number of anilines is 2. The third-order valence-electron chi connectivity index (χ3n) is 2.88. The van der Waals surface area contributed by atoms with Gasteiger partial charge in [-0.15, -0.1) is 0 Å². The fourth-order valence-electron chi connectivity index (χ4n) is 1.72. The molecule has 0 aliphatic rings. The van der Waals surface area contributed by atoms with Crippen molar-refractivity contribution in [3.63, 3.8) is 0 Å². The van der Waals surface area contributed by atoms with Crippen LogP contribution in [0.4, 0.5) is 11.6 Å². The zero-order valence-corrected chi connectivity index (χ0v) is 12.6. The first kappa shape index (κ1) is 15.7. The third kappa shape index (κ3) is 5.00. The van der Waals surface area contributed by atoms with Crippen molar-refractivity contribution in [2.24, 2.45) is 5.84 Å². The Balaban J connectivity index is 2.77. The minimum absolute atomic E-state index is 0.280. The molecule has 19 heavy (non-hydrogen) atoms. The number of hydrazine groups is 1. The molecule has 0 amide bonds. The Labute approximate surface area is 116 Å². The van der Waals surface area contributed by atoms with Crippen molar-refractivity contribution < 1.29 is 0 Å². The highest BCUT2D eigenvalue weighted by molar-refractivity contribution is 5.48. The van der Waals surface area contributed by atoms with Gasteiger partial charge >= 0.3 is 0 Å². The van der Waals surface area contributed by atoms with Crippen molar-refractivity contribution in [2.45, 2.75) is 26.2 Å². The summed E-state index contributed by atoms with van der Waals surface area (Å²) in [6.07, 6.45) is 1.09. The summed E-state index contributed by atoms with van der Waals surface area (Å²) in [5.74, 6) is 8.12. The smallest absolute Gasteiger partial charge is 0.145 e. The number of hydrogen-bond acceptors (Lipinski definition) is 6. The van der Waals surface area contributed by atoms with Gasteiger partial charge < -0.3 is 15.2 Å². The summed E-state index contributed by atoms with van der Waals surface area (Å²) in [7, 11) is 6.21. The van der Waals surface area contributed by atoms with E-state index < -0.39 is 0 Å². The molecular weight excluding hydrogens is 240 g/mol. The molecule has 0 radical (unpaired) electrons. The van der Waals surface area contributed by atoms with E-state index in [1.807, 2.05) is 13.1 Å². The first-order chi connectivity index (χ1) is 8.93. The van der Waals surface area contributed by atoms with Crippen molar-refractivity contribution in [3.8, 4) is 0 Å². The van der Waals surface area contributed by atoms with Crippen molar-refractivity contribution >= 4 is 11.6 Å². The predicted octanol–water partition coefficient (Wildman–Crippen LogP) is 1.27. The third-order valence-corrected chi connectivity index (χ3v) is 2.88. The first-order valence-corrected chi connectivity index (χ1v) is 6.65. The molecule has 1 aromatic rings. The molecule has 0 aromatic carbocycles. The van der Waals surface area contributed by atoms with Crippen LogP contribution in [0.3, 0.4) is 0 Å². The monoisotopic (exact) mass is 266 g/mol. The van der Waals surface area contributed by atoms with Crippen molar-refractivity contribution in [3.05, 3.63) is 11.9 Å². The van der Waals surface area contributed by atoms with Gasteiger partial charge in [-0.25, -0.2) is 15.8 Å². The summed E-state index contributed by atoms with van der Waals surface area (Å²) >= 11 is 0. The number of rotatable bonds is 7. The van der Waals surface area contributed by atoms with Crippen LogP contribution in [0.2, 0.25) is 0 Å². The number of nitrogens with one attached hydrogen (secondary N) is 1. The van der Waals surface area contributed by atoms with Crippen LogP contribution in [0.15, 0.2) is 6.07 Å². The molecule has 1 rings (SSSR count). The van der Waals surface area contributed by atoms with Gasteiger partial charge in [-0.3, -0.25) is 0 Å². The quantitative estimate of drug-likeness (QED) is 0.572. The molecule has 0 bridgehead atoms. The van der Waals surface area contributed by atoms with Gasteiger partial charge in [0.25, 0.3) is 0 Å². The summed E-state index contributed by atoms with van der Waals surface area (Å²) < 4.78 is 0. The molecule has 0 saturated heterocycles. The van der Waals surface area contributed by atoms with E-state index in [1.165, 1.54) is 0 Å². The first-order valence-electron chi connectivity index (χ1n) is 6.65. The van der Waals surface area contributed by atoms with Gasteiger partial charge in [0.2, 0.25) is 0 Å². The van der Waals surface area contributed by atoms with Crippen molar-refractivity contribution in [1.29, 1.82) is 0 Å². The molecule has 1 aromatic heterocycles. The normalized spacial score (nSPS) is 11.2. The van der Waals surface area contributed by atoms with E-state index in [4.69, 9.17) is 5.84 Å². The predicted molar refractivity (Wildman–Crippen MR) is 80.4 cm³/mol. The van der Waals surface area contributed by atoms with Gasteiger partial charge in [0.15, 0.2) is 0 Å². The molecule has 0 aliphatic heterocycles. The van der Waals surface area contributed by atoms with Crippen LogP contribution < -0.4 is 16.2 Å². The molecule has 108 valence electrons. The Bertz CT molecular complexity index is 391. The lowest BCUT2D eigenvalue weighted by atomic mass is 10.2. The molecule has 0 aliphatic carbocycles. The topological polar surface area (TPSA) is 70.3 Å².